The smallest absolute Gasteiger partial charge is 0.422 e. The number of Topliss-reactive ketones (excluding diaryl/α,β-unsaturated/α-hetero) is 1. The second-order valence-electron chi connectivity index (χ2n) is 12.8. The monoisotopic (exact) mass is 727 g/mol. The lowest BCUT2D eigenvalue weighted by atomic mass is 9.93. The minimum absolute atomic E-state index is 0.00386. The molecule has 0 saturated heterocycles. The molecule has 3 aromatic carbocycles. The van der Waals surface area contributed by atoms with Gasteiger partial charge in [-0.25, -0.2) is 4.39 Å². The van der Waals surface area contributed by atoms with E-state index in [0.717, 1.165) is 18.4 Å². The van der Waals surface area contributed by atoms with Crippen molar-refractivity contribution < 1.29 is 36.7 Å². The number of rotatable bonds is 15. The third-order valence-electron chi connectivity index (χ3n) is 7.87. The number of amides is 2. The van der Waals surface area contributed by atoms with E-state index in [1.807, 2.05) is 12.1 Å². The first-order chi connectivity index (χ1) is 24.1. The summed E-state index contributed by atoms with van der Waals surface area (Å²) in [4.78, 5) is 49.9. The lowest BCUT2D eigenvalue weighted by Gasteiger charge is -2.25. The molecule has 0 unspecified atom stereocenters. The second-order valence-corrected chi connectivity index (χ2v) is 13.3. The lowest BCUT2D eigenvalue weighted by Crippen LogP contribution is -2.44. The summed E-state index contributed by atoms with van der Waals surface area (Å²) >= 11 is 6.02. The van der Waals surface area contributed by atoms with Gasteiger partial charge in [-0.3, -0.25) is 14.4 Å². The maximum Gasteiger partial charge on any atom is 0.422 e. The van der Waals surface area contributed by atoms with Crippen molar-refractivity contribution in [2.75, 3.05) is 30.3 Å². The normalized spacial score (nSPS) is 13.5. The van der Waals surface area contributed by atoms with Crippen LogP contribution in [0.4, 0.5) is 35.1 Å². The Hall–Kier alpha value is -5.31. The zero-order valence-electron chi connectivity index (χ0n) is 27.5. The van der Waals surface area contributed by atoms with Crippen molar-refractivity contribution >= 4 is 46.8 Å². The maximum atomic E-state index is 13.1. The molecular formula is C35H34ClF4N7O4. The Kier molecular flexibility index (Phi) is 11.1. The number of ketones is 1. The summed E-state index contributed by atoms with van der Waals surface area (Å²) in [5.74, 6) is -2.38. The van der Waals surface area contributed by atoms with E-state index in [4.69, 9.17) is 16.3 Å². The summed E-state index contributed by atoms with van der Waals surface area (Å²) in [7, 11) is 0. The Morgan fingerprint density at radius 2 is 1.47 bits per heavy atom. The number of anilines is 3. The molecule has 0 atom stereocenters. The maximum absolute atomic E-state index is 13.1. The Labute approximate surface area is 295 Å². The number of halogens is 5. The molecule has 11 nitrogen and oxygen atoms in total. The van der Waals surface area contributed by atoms with Crippen LogP contribution in [0, 0.1) is 11.2 Å². The Morgan fingerprint density at radius 1 is 0.843 bits per heavy atom. The van der Waals surface area contributed by atoms with Crippen LogP contribution in [0.25, 0.3) is 0 Å². The summed E-state index contributed by atoms with van der Waals surface area (Å²) in [5, 5.41) is 12.1. The van der Waals surface area contributed by atoms with E-state index >= 15 is 0 Å². The van der Waals surface area contributed by atoms with Crippen LogP contribution in [0.3, 0.4) is 0 Å². The van der Waals surface area contributed by atoms with Crippen LogP contribution in [0.1, 0.15) is 48.2 Å². The second kappa shape index (κ2) is 15.3. The first-order valence-corrected chi connectivity index (χ1v) is 16.2. The van der Waals surface area contributed by atoms with Crippen LogP contribution in [0.2, 0.25) is 5.02 Å². The van der Waals surface area contributed by atoms with Gasteiger partial charge >= 0.3 is 12.2 Å². The van der Waals surface area contributed by atoms with E-state index in [9.17, 15) is 31.9 Å². The molecule has 0 bridgehead atoms. The van der Waals surface area contributed by atoms with Crippen molar-refractivity contribution in [2.24, 2.45) is 5.41 Å². The standard InChI is InChI=1S/C35H34ClF4N7O4/c1-33(2,19-42-29(50)27(48)17-21-3-11-25(37)12-4-21)18-41-28(49)22-5-13-26(14-6-22)43-30-44-31(46-32(45-30)51-20-35(38,39)40)47-34(15-16-34)23-7-9-24(36)10-8-23/h3-14H,15-20H2,1-2H3,(H,41,49)(H,42,50)(H2,43,44,45,46,47). The Balaban J connectivity index is 1.17. The highest BCUT2D eigenvalue weighted by molar-refractivity contribution is 6.36. The highest BCUT2D eigenvalue weighted by atomic mass is 35.5. The molecule has 1 aliphatic carbocycles. The highest BCUT2D eigenvalue weighted by Crippen LogP contribution is 2.48. The largest absolute Gasteiger partial charge is 0.454 e. The number of carbonyl (C=O) groups excluding carboxylic acids is 3. The van der Waals surface area contributed by atoms with Gasteiger partial charge in [0.05, 0.1) is 5.54 Å². The van der Waals surface area contributed by atoms with Crippen LogP contribution in [-0.4, -0.2) is 58.4 Å². The van der Waals surface area contributed by atoms with Crippen LogP contribution in [0.15, 0.2) is 72.8 Å². The van der Waals surface area contributed by atoms with Crippen molar-refractivity contribution in [1.82, 2.24) is 25.6 Å². The van der Waals surface area contributed by atoms with Gasteiger partial charge in [-0.1, -0.05) is 49.7 Å². The number of hydrogen-bond acceptors (Lipinski definition) is 9. The molecule has 2 amide bonds. The van der Waals surface area contributed by atoms with Gasteiger partial charge in [-0.2, -0.15) is 28.1 Å². The van der Waals surface area contributed by atoms with Gasteiger partial charge in [0.2, 0.25) is 17.7 Å². The number of hydrogen-bond donors (Lipinski definition) is 4. The van der Waals surface area contributed by atoms with Crippen molar-refractivity contribution in [2.45, 2.75) is 44.8 Å². The Morgan fingerprint density at radius 3 is 2.10 bits per heavy atom. The van der Waals surface area contributed by atoms with E-state index in [2.05, 4.69) is 36.2 Å². The number of nitrogens with zero attached hydrogens (tertiary/aromatic N) is 3. The van der Waals surface area contributed by atoms with Gasteiger partial charge in [0.25, 0.3) is 11.8 Å². The van der Waals surface area contributed by atoms with E-state index in [1.165, 1.54) is 36.4 Å². The molecule has 1 fully saturated rings. The summed E-state index contributed by atoms with van der Waals surface area (Å²) in [6.07, 6.45) is -3.32. The molecule has 4 aromatic rings. The number of ether oxygens (including phenoxy) is 1. The summed E-state index contributed by atoms with van der Waals surface area (Å²) in [5.41, 5.74) is 1.01. The molecule has 51 heavy (non-hydrogen) atoms. The fourth-order valence-corrected chi connectivity index (χ4v) is 5.00. The zero-order valence-corrected chi connectivity index (χ0v) is 28.3. The first kappa shape index (κ1) is 37.0. The molecule has 16 heteroatoms. The summed E-state index contributed by atoms with van der Waals surface area (Å²) < 4.78 is 56.7. The third-order valence-corrected chi connectivity index (χ3v) is 8.12. The van der Waals surface area contributed by atoms with Crippen LogP contribution >= 0.6 is 11.6 Å². The quantitative estimate of drug-likeness (QED) is 0.0839. The van der Waals surface area contributed by atoms with Crippen LogP contribution in [0.5, 0.6) is 6.01 Å². The number of nitrogens with one attached hydrogen (secondary N) is 4. The molecule has 4 N–H and O–H groups in total. The summed E-state index contributed by atoms with van der Waals surface area (Å²) in [6, 6.07) is 18.1. The molecule has 0 spiro atoms. The van der Waals surface area contributed by atoms with Crippen LogP contribution < -0.4 is 26.0 Å². The number of alkyl halides is 3. The molecule has 1 saturated carbocycles. The molecule has 5 rings (SSSR count). The van der Waals surface area contributed by atoms with E-state index in [1.54, 1.807) is 38.1 Å². The number of carbonyl (C=O) groups is 3. The van der Waals surface area contributed by atoms with E-state index in [-0.39, 0.29) is 31.4 Å². The van der Waals surface area contributed by atoms with Crippen molar-refractivity contribution in [3.8, 4) is 6.01 Å². The zero-order chi connectivity index (χ0) is 36.8. The number of benzene rings is 3. The van der Waals surface area contributed by atoms with Gasteiger partial charge < -0.3 is 26.0 Å². The Bertz CT molecular complexity index is 1870. The SMILES string of the molecule is CC(C)(CNC(=O)C(=O)Cc1ccc(F)cc1)CNC(=O)c1ccc(Nc2nc(NC3(c4ccc(Cl)cc4)CC3)nc(OCC(F)(F)F)n2)cc1. The van der Waals surface area contributed by atoms with Crippen molar-refractivity contribution in [3.63, 3.8) is 0 Å². The lowest BCUT2D eigenvalue weighted by molar-refractivity contribution is -0.154. The average molecular weight is 728 g/mol. The van der Waals surface area contributed by atoms with Gasteiger partial charge in [0.15, 0.2) is 6.61 Å². The summed E-state index contributed by atoms with van der Waals surface area (Å²) in [6.45, 7) is 2.27. The van der Waals surface area contributed by atoms with Crippen molar-refractivity contribution in [3.05, 3.63) is 100 Å². The van der Waals surface area contributed by atoms with E-state index < -0.39 is 53.2 Å². The molecule has 268 valence electrons. The predicted octanol–water partition coefficient (Wildman–Crippen LogP) is 6.13. The van der Waals surface area contributed by atoms with Gasteiger partial charge in [0, 0.05) is 35.8 Å². The fourth-order valence-electron chi connectivity index (χ4n) is 4.88. The molecule has 0 radical (unpaired) electrons. The fraction of sp³-hybridized carbons (Fsp3) is 0.314. The molecule has 1 aliphatic rings. The van der Waals surface area contributed by atoms with Crippen LogP contribution in [-0.2, 0) is 21.5 Å². The predicted molar refractivity (Wildman–Crippen MR) is 181 cm³/mol. The third kappa shape index (κ3) is 10.8. The van der Waals surface area contributed by atoms with Gasteiger partial charge in [-0.05, 0) is 77.9 Å². The van der Waals surface area contributed by atoms with Crippen molar-refractivity contribution in [1.29, 1.82) is 0 Å². The minimum atomic E-state index is -4.61. The highest BCUT2D eigenvalue weighted by Gasteiger charge is 2.45. The topological polar surface area (TPSA) is 147 Å². The molecular weight excluding hydrogens is 694 g/mol. The molecule has 1 heterocycles. The van der Waals surface area contributed by atoms with Gasteiger partial charge in [0.1, 0.15) is 5.82 Å². The minimum Gasteiger partial charge on any atom is -0.454 e. The molecule has 1 aromatic heterocycles. The average Bonchev–Trinajstić information content (AvgIpc) is 3.86. The first-order valence-electron chi connectivity index (χ1n) is 15.8. The molecule has 0 aliphatic heterocycles. The van der Waals surface area contributed by atoms with Gasteiger partial charge in [-0.15, -0.1) is 0 Å². The number of aromatic nitrogens is 3. The van der Waals surface area contributed by atoms with E-state index in [0.29, 0.717) is 21.8 Å².